The van der Waals surface area contributed by atoms with Crippen molar-refractivity contribution in [3.63, 3.8) is 0 Å². The van der Waals surface area contributed by atoms with Gasteiger partial charge >= 0.3 is 0 Å². The number of benzene rings is 1. The molecule has 1 aromatic rings. The predicted molar refractivity (Wildman–Crippen MR) is 88.1 cm³/mol. The number of nitrogens with zero attached hydrogens (tertiary/aromatic N) is 1. The fourth-order valence-electron chi connectivity index (χ4n) is 2.65. The van der Waals surface area contributed by atoms with E-state index in [2.05, 4.69) is 44.8 Å². The van der Waals surface area contributed by atoms with Crippen molar-refractivity contribution in [1.29, 1.82) is 0 Å². The highest BCUT2D eigenvalue weighted by Gasteiger charge is 2.14. The number of rotatable bonds is 8. The zero-order valence-electron chi connectivity index (χ0n) is 14.2. The second-order valence-electron chi connectivity index (χ2n) is 6.03. The van der Waals surface area contributed by atoms with Crippen LogP contribution in [0, 0.1) is 0 Å². The SMILES string of the molecule is COc1ccc(C(C)NCCN(C(C)C)C(C)C)c(O)c1. The lowest BCUT2D eigenvalue weighted by Gasteiger charge is -2.31. The average molecular weight is 294 g/mol. The first-order valence-electron chi connectivity index (χ1n) is 7.72. The molecule has 4 nitrogen and oxygen atoms in total. The molecule has 21 heavy (non-hydrogen) atoms. The van der Waals surface area contributed by atoms with E-state index in [9.17, 15) is 5.11 Å². The molecule has 0 fully saturated rings. The normalized spacial score (nSPS) is 13.2. The second-order valence-corrected chi connectivity index (χ2v) is 6.03. The lowest BCUT2D eigenvalue weighted by Crippen LogP contribution is -2.41. The van der Waals surface area contributed by atoms with Crippen LogP contribution in [0.25, 0.3) is 0 Å². The van der Waals surface area contributed by atoms with Gasteiger partial charge < -0.3 is 15.2 Å². The topological polar surface area (TPSA) is 44.7 Å². The molecule has 0 radical (unpaired) electrons. The number of hydrogen-bond donors (Lipinski definition) is 2. The Bertz CT molecular complexity index is 425. The maximum Gasteiger partial charge on any atom is 0.124 e. The summed E-state index contributed by atoms with van der Waals surface area (Å²) in [6.45, 7) is 12.8. The van der Waals surface area contributed by atoms with Crippen LogP contribution >= 0.6 is 0 Å². The number of nitrogens with one attached hydrogen (secondary N) is 1. The van der Waals surface area contributed by atoms with Crippen LogP contribution in [0.1, 0.15) is 46.2 Å². The van der Waals surface area contributed by atoms with E-state index in [1.54, 1.807) is 13.2 Å². The minimum absolute atomic E-state index is 0.108. The van der Waals surface area contributed by atoms with Crippen LogP contribution in [0.2, 0.25) is 0 Å². The molecule has 0 aliphatic rings. The third kappa shape index (κ3) is 5.21. The summed E-state index contributed by atoms with van der Waals surface area (Å²) in [5, 5.41) is 13.5. The van der Waals surface area contributed by atoms with Gasteiger partial charge in [0.15, 0.2) is 0 Å². The molecule has 0 amide bonds. The number of ether oxygens (including phenoxy) is 1. The zero-order valence-corrected chi connectivity index (χ0v) is 14.2. The minimum atomic E-state index is 0.108. The van der Waals surface area contributed by atoms with Crippen molar-refractivity contribution in [3.8, 4) is 11.5 Å². The Morgan fingerprint density at radius 2 is 1.76 bits per heavy atom. The lowest BCUT2D eigenvalue weighted by molar-refractivity contribution is 0.174. The molecule has 0 heterocycles. The Labute approximate surface area is 129 Å². The van der Waals surface area contributed by atoms with E-state index in [1.165, 1.54) is 0 Å². The summed E-state index contributed by atoms with van der Waals surface area (Å²) in [5.41, 5.74) is 0.899. The van der Waals surface area contributed by atoms with Crippen LogP contribution in [0.15, 0.2) is 18.2 Å². The van der Waals surface area contributed by atoms with E-state index in [-0.39, 0.29) is 11.8 Å². The van der Waals surface area contributed by atoms with E-state index in [4.69, 9.17) is 4.74 Å². The summed E-state index contributed by atoms with van der Waals surface area (Å²) in [5.74, 6) is 0.952. The molecule has 1 unspecified atom stereocenters. The Hall–Kier alpha value is -1.26. The van der Waals surface area contributed by atoms with Crippen LogP contribution in [-0.4, -0.2) is 42.3 Å². The molecule has 0 aliphatic carbocycles. The van der Waals surface area contributed by atoms with E-state index >= 15 is 0 Å². The number of hydrogen-bond acceptors (Lipinski definition) is 4. The fourth-order valence-corrected chi connectivity index (χ4v) is 2.65. The highest BCUT2D eigenvalue weighted by molar-refractivity contribution is 5.41. The van der Waals surface area contributed by atoms with Crippen molar-refractivity contribution in [2.75, 3.05) is 20.2 Å². The molecule has 1 rings (SSSR count). The van der Waals surface area contributed by atoms with Crippen molar-refractivity contribution in [1.82, 2.24) is 10.2 Å². The third-order valence-corrected chi connectivity index (χ3v) is 3.85. The zero-order chi connectivity index (χ0) is 16.0. The van der Waals surface area contributed by atoms with E-state index < -0.39 is 0 Å². The minimum Gasteiger partial charge on any atom is -0.507 e. The molecular weight excluding hydrogens is 264 g/mol. The number of aromatic hydroxyl groups is 1. The Morgan fingerprint density at radius 3 is 2.24 bits per heavy atom. The first-order chi connectivity index (χ1) is 9.86. The summed E-state index contributed by atoms with van der Waals surface area (Å²) in [7, 11) is 1.60. The maximum absolute atomic E-state index is 10.0. The highest BCUT2D eigenvalue weighted by Crippen LogP contribution is 2.28. The van der Waals surface area contributed by atoms with Crippen molar-refractivity contribution >= 4 is 0 Å². The predicted octanol–water partition coefficient (Wildman–Crippen LogP) is 3.17. The van der Waals surface area contributed by atoms with E-state index in [0.29, 0.717) is 17.8 Å². The largest absolute Gasteiger partial charge is 0.507 e. The molecule has 0 aliphatic heterocycles. The van der Waals surface area contributed by atoms with Gasteiger partial charge in [0.1, 0.15) is 11.5 Å². The Balaban J connectivity index is 2.56. The highest BCUT2D eigenvalue weighted by atomic mass is 16.5. The number of phenolic OH excluding ortho intramolecular Hbond substituents is 1. The molecule has 0 spiro atoms. The van der Waals surface area contributed by atoms with E-state index in [1.807, 2.05) is 12.1 Å². The van der Waals surface area contributed by atoms with Gasteiger partial charge in [0.2, 0.25) is 0 Å². The van der Waals surface area contributed by atoms with Gasteiger partial charge in [0.25, 0.3) is 0 Å². The fraction of sp³-hybridized carbons (Fsp3) is 0.647. The molecule has 4 heteroatoms. The quantitative estimate of drug-likeness (QED) is 0.773. The molecule has 1 atom stereocenters. The Morgan fingerprint density at radius 1 is 1.14 bits per heavy atom. The van der Waals surface area contributed by atoms with Gasteiger partial charge in [-0.05, 0) is 40.7 Å². The van der Waals surface area contributed by atoms with Crippen molar-refractivity contribution in [2.24, 2.45) is 0 Å². The van der Waals surface area contributed by atoms with E-state index in [0.717, 1.165) is 18.7 Å². The average Bonchev–Trinajstić information content (AvgIpc) is 2.42. The first kappa shape index (κ1) is 17.8. The van der Waals surface area contributed by atoms with Gasteiger partial charge in [-0.3, -0.25) is 4.90 Å². The molecule has 0 bridgehead atoms. The van der Waals surface area contributed by atoms with Gasteiger partial charge in [-0.1, -0.05) is 6.07 Å². The second kappa shape index (κ2) is 8.25. The molecule has 0 saturated carbocycles. The van der Waals surface area contributed by atoms with Crippen LogP contribution in [-0.2, 0) is 0 Å². The number of phenols is 1. The van der Waals surface area contributed by atoms with Gasteiger partial charge in [-0.15, -0.1) is 0 Å². The summed E-state index contributed by atoms with van der Waals surface area (Å²) in [4.78, 5) is 2.45. The number of methoxy groups -OCH3 is 1. The summed E-state index contributed by atoms with van der Waals surface area (Å²) in [6, 6.07) is 6.63. The molecule has 0 aromatic heterocycles. The maximum atomic E-state index is 10.0. The van der Waals surface area contributed by atoms with Crippen LogP contribution in [0.3, 0.4) is 0 Å². The van der Waals surface area contributed by atoms with Crippen molar-refractivity contribution in [2.45, 2.75) is 52.7 Å². The van der Waals surface area contributed by atoms with Gasteiger partial charge in [0.05, 0.1) is 7.11 Å². The standard InChI is InChI=1S/C17H30N2O2/c1-12(2)19(13(3)4)10-9-18-14(5)16-8-7-15(21-6)11-17(16)20/h7-8,11-14,18,20H,9-10H2,1-6H3. The monoisotopic (exact) mass is 294 g/mol. The van der Waals surface area contributed by atoms with Gasteiger partial charge in [-0.2, -0.15) is 0 Å². The van der Waals surface area contributed by atoms with Gasteiger partial charge in [-0.25, -0.2) is 0 Å². The summed E-state index contributed by atoms with van der Waals surface area (Å²) < 4.78 is 5.11. The van der Waals surface area contributed by atoms with Crippen molar-refractivity contribution in [3.05, 3.63) is 23.8 Å². The van der Waals surface area contributed by atoms with Crippen LogP contribution in [0.4, 0.5) is 0 Å². The first-order valence-corrected chi connectivity index (χ1v) is 7.72. The molecule has 0 saturated heterocycles. The van der Waals surface area contributed by atoms with Gasteiger partial charge in [0, 0.05) is 42.8 Å². The summed E-state index contributed by atoms with van der Waals surface area (Å²) >= 11 is 0. The molecular formula is C17H30N2O2. The Kier molecular flexibility index (Phi) is 6.99. The molecule has 2 N–H and O–H groups in total. The van der Waals surface area contributed by atoms with Crippen LogP contribution in [0.5, 0.6) is 11.5 Å². The van der Waals surface area contributed by atoms with Crippen LogP contribution < -0.4 is 10.1 Å². The third-order valence-electron chi connectivity index (χ3n) is 3.85. The molecule has 1 aromatic carbocycles. The smallest absolute Gasteiger partial charge is 0.124 e. The summed E-state index contributed by atoms with van der Waals surface area (Å²) in [6.07, 6.45) is 0. The van der Waals surface area contributed by atoms with Crippen molar-refractivity contribution < 1.29 is 9.84 Å². The lowest BCUT2D eigenvalue weighted by atomic mass is 10.1. The molecule has 120 valence electrons.